The van der Waals surface area contributed by atoms with Gasteiger partial charge in [0.2, 0.25) is 0 Å². The molecule has 0 bridgehead atoms. The summed E-state index contributed by atoms with van der Waals surface area (Å²) in [6.45, 7) is 3.31. The number of amides is 2. The number of hydrogen-bond donors (Lipinski definition) is 3. The van der Waals surface area contributed by atoms with Crippen LogP contribution < -0.4 is 11.1 Å². The summed E-state index contributed by atoms with van der Waals surface area (Å²) in [5, 5.41) is 2.66. The first kappa shape index (κ1) is 25.2. The molecule has 0 unspecified atom stereocenters. The summed E-state index contributed by atoms with van der Waals surface area (Å²) >= 11 is 0. The molecule has 2 heterocycles. The standard InChI is InChI=1S/C30H31N5O3/c1-19-27(22-9-11-24(12-10-22)33-30(37)38-2)34-28(32-19)26(17-20-6-4-3-5-7-20)35-15-14-23-16-21(18-31)8-13-25(23)29(35)36/h3-13,16,26H,14-15,17-18,31H2,1-2H3,(H,32,34)(H,33,37)/p+1/t26-/m0/s1. The number of nitrogens with zero attached hydrogens (tertiary/aromatic N) is 2. The Kier molecular flexibility index (Phi) is 7.24. The quantitative estimate of drug-likeness (QED) is 0.344. The van der Waals surface area contributed by atoms with Crippen molar-refractivity contribution in [2.45, 2.75) is 32.4 Å². The topological polar surface area (TPSA) is 115 Å². The van der Waals surface area contributed by atoms with Gasteiger partial charge in [0.1, 0.15) is 5.82 Å². The number of rotatable bonds is 7. The number of ether oxygens (including phenoxy) is 1. The number of quaternary nitrogens is 1. The molecule has 8 heteroatoms. The molecule has 2 amide bonds. The number of H-pyrrole nitrogens is 1. The highest BCUT2D eigenvalue weighted by molar-refractivity contribution is 5.97. The van der Waals surface area contributed by atoms with Crippen LogP contribution in [0.4, 0.5) is 10.5 Å². The summed E-state index contributed by atoms with van der Waals surface area (Å²) in [5.74, 6) is 0.779. The van der Waals surface area contributed by atoms with E-state index in [0.717, 1.165) is 51.5 Å². The monoisotopic (exact) mass is 510 g/mol. The van der Waals surface area contributed by atoms with E-state index in [-0.39, 0.29) is 11.9 Å². The summed E-state index contributed by atoms with van der Waals surface area (Å²) in [6, 6.07) is 23.4. The molecule has 1 aliphatic heterocycles. The predicted octanol–water partition coefficient (Wildman–Crippen LogP) is 4.29. The summed E-state index contributed by atoms with van der Waals surface area (Å²) in [6.07, 6.45) is 0.921. The highest BCUT2D eigenvalue weighted by atomic mass is 16.5. The highest BCUT2D eigenvalue weighted by Gasteiger charge is 2.33. The number of aryl methyl sites for hydroxylation is 1. The van der Waals surface area contributed by atoms with Crippen molar-refractivity contribution in [1.29, 1.82) is 0 Å². The van der Waals surface area contributed by atoms with Gasteiger partial charge in [-0.25, -0.2) is 9.78 Å². The molecular formula is C30H32N5O3+. The van der Waals surface area contributed by atoms with Crippen LogP contribution in [-0.4, -0.2) is 40.5 Å². The van der Waals surface area contributed by atoms with Gasteiger partial charge in [-0.05, 0) is 48.7 Å². The van der Waals surface area contributed by atoms with Crippen LogP contribution in [0.25, 0.3) is 11.3 Å². The van der Waals surface area contributed by atoms with Crippen LogP contribution in [0.1, 0.15) is 44.6 Å². The second-order valence-corrected chi connectivity index (χ2v) is 9.49. The van der Waals surface area contributed by atoms with Gasteiger partial charge >= 0.3 is 6.09 Å². The fourth-order valence-corrected chi connectivity index (χ4v) is 5.01. The molecule has 0 saturated carbocycles. The lowest BCUT2D eigenvalue weighted by atomic mass is 9.94. The molecule has 0 saturated heterocycles. The fourth-order valence-electron chi connectivity index (χ4n) is 5.01. The minimum atomic E-state index is -0.518. The van der Waals surface area contributed by atoms with Gasteiger partial charge in [0.15, 0.2) is 0 Å². The van der Waals surface area contributed by atoms with Gasteiger partial charge in [-0.1, -0.05) is 48.5 Å². The Morgan fingerprint density at radius 3 is 2.58 bits per heavy atom. The number of carbonyl (C=O) groups excluding carboxylic acids is 2. The molecule has 1 aromatic heterocycles. The van der Waals surface area contributed by atoms with Crippen LogP contribution in [0.2, 0.25) is 0 Å². The largest absolute Gasteiger partial charge is 0.453 e. The lowest BCUT2D eigenvalue weighted by molar-refractivity contribution is -0.386. The molecule has 0 fully saturated rings. The van der Waals surface area contributed by atoms with E-state index in [9.17, 15) is 9.59 Å². The summed E-state index contributed by atoms with van der Waals surface area (Å²) in [4.78, 5) is 35.7. The summed E-state index contributed by atoms with van der Waals surface area (Å²) in [7, 11) is 1.33. The maximum Gasteiger partial charge on any atom is 0.411 e. The van der Waals surface area contributed by atoms with Crippen LogP contribution >= 0.6 is 0 Å². The molecule has 4 aromatic rings. The van der Waals surface area contributed by atoms with E-state index in [1.165, 1.54) is 7.11 Å². The van der Waals surface area contributed by atoms with Crippen molar-refractivity contribution in [3.05, 3.63) is 107 Å². The maximum atomic E-state index is 13.8. The number of nitrogens with one attached hydrogen (secondary N) is 2. The van der Waals surface area contributed by atoms with Crippen LogP contribution in [0.15, 0.2) is 72.8 Å². The van der Waals surface area contributed by atoms with Gasteiger partial charge in [-0.15, -0.1) is 0 Å². The minimum absolute atomic E-state index is 0.0247. The third-order valence-electron chi connectivity index (χ3n) is 7.03. The molecule has 194 valence electrons. The van der Waals surface area contributed by atoms with Crippen molar-refractivity contribution in [3.63, 3.8) is 0 Å². The number of methoxy groups -OCH3 is 1. The predicted molar refractivity (Wildman–Crippen MR) is 145 cm³/mol. The Morgan fingerprint density at radius 2 is 1.87 bits per heavy atom. The normalized spacial score (nSPS) is 13.7. The van der Waals surface area contributed by atoms with E-state index in [1.807, 2.05) is 66.4 Å². The van der Waals surface area contributed by atoms with Crippen molar-refractivity contribution in [2.75, 3.05) is 19.0 Å². The number of imidazole rings is 1. The molecule has 1 atom stereocenters. The number of aromatic nitrogens is 2. The molecular weight excluding hydrogens is 478 g/mol. The number of carbonyl (C=O) groups is 2. The maximum absolute atomic E-state index is 13.8. The van der Waals surface area contributed by atoms with Gasteiger partial charge in [-0.3, -0.25) is 10.1 Å². The molecule has 0 aliphatic carbocycles. The van der Waals surface area contributed by atoms with Crippen LogP contribution in [0.3, 0.4) is 0 Å². The second kappa shape index (κ2) is 10.9. The number of aromatic amines is 1. The zero-order valence-electron chi connectivity index (χ0n) is 21.7. The Hall–Kier alpha value is -4.43. The lowest BCUT2D eigenvalue weighted by Crippen LogP contribution is -2.47. The Bertz CT molecular complexity index is 1450. The number of benzene rings is 3. The highest BCUT2D eigenvalue weighted by Crippen LogP contribution is 2.32. The minimum Gasteiger partial charge on any atom is -0.453 e. The molecule has 5 rings (SSSR count). The molecule has 1 aliphatic rings. The van der Waals surface area contributed by atoms with E-state index in [1.54, 1.807) is 0 Å². The van der Waals surface area contributed by atoms with Crippen molar-refractivity contribution >= 4 is 17.7 Å². The van der Waals surface area contributed by atoms with Crippen molar-refractivity contribution < 1.29 is 20.1 Å². The van der Waals surface area contributed by atoms with E-state index in [2.05, 4.69) is 39.0 Å². The smallest absolute Gasteiger partial charge is 0.411 e. The number of anilines is 1. The zero-order chi connectivity index (χ0) is 26.6. The third-order valence-corrected chi connectivity index (χ3v) is 7.03. The average Bonchev–Trinajstić information content (AvgIpc) is 3.34. The summed E-state index contributed by atoms with van der Waals surface area (Å²) in [5.41, 5.74) is 11.4. The molecule has 0 spiro atoms. The third kappa shape index (κ3) is 5.17. The Labute approximate surface area is 221 Å². The van der Waals surface area contributed by atoms with Crippen LogP contribution in [0, 0.1) is 6.92 Å². The Balaban J connectivity index is 1.48. The van der Waals surface area contributed by atoms with Crippen LogP contribution in [0.5, 0.6) is 0 Å². The molecule has 3 aromatic carbocycles. The molecule has 8 nitrogen and oxygen atoms in total. The van der Waals surface area contributed by atoms with E-state index in [4.69, 9.17) is 4.98 Å². The van der Waals surface area contributed by atoms with Gasteiger partial charge < -0.3 is 20.4 Å². The molecule has 38 heavy (non-hydrogen) atoms. The van der Waals surface area contributed by atoms with Gasteiger partial charge in [0.25, 0.3) is 5.91 Å². The first-order valence-corrected chi connectivity index (χ1v) is 12.7. The average molecular weight is 511 g/mol. The number of fused-ring (bicyclic) bond motifs is 1. The van der Waals surface area contributed by atoms with Crippen molar-refractivity contribution in [3.8, 4) is 11.3 Å². The van der Waals surface area contributed by atoms with Crippen LogP contribution in [-0.2, 0) is 24.1 Å². The first-order valence-electron chi connectivity index (χ1n) is 12.7. The Morgan fingerprint density at radius 1 is 1.11 bits per heavy atom. The van der Waals surface area contributed by atoms with Crippen molar-refractivity contribution in [1.82, 2.24) is 14.9 Å². The fraction of sp³-hybridized carbons (Fsp3) is 0.233. The van der Waals surface area contributed by atoms with E-state index >= 15 is 0 Å². The SMILES string of the molecule is COC(=O)Nc1ccc(-c2nc([C@H](Cc3ccccc3)N3CCc4cc(C[NH3+])ccc4C3=O)[nH]c2C)cc1. The molecule has 5 N–H and O–H groups in total. The number of hydrogen-bond acceptors (Lipinski definition) is 4. The van der Waals surface area contributed by atoms with Gasteiger partial charge in [-0.2, -0.15) is 0 Å². The zero-order valence-corrected chi connectivity index (χ0v) is 21.7. The first-order chi connectivity index (χ1) is 18.5. The van der Waals surface area contributed by atoms with E-state index < -0.39 is 6.09 Å². The second-order valence-electron chi connectivity index (χ2n) is 9.49. The molecule has 0 radical (unpaired) electrons. The van der Waals surface area contributed by atoms with Gasteiger partial charge in [0, 0.05) is 41.0 Å². The van der Waals surface area contributed by atoms with E-state index in [0.29, 0.717) is 25.2 Å². The summed E-state index contributed by atoms with van der Waals surface area (Å²) < 4.78 is 4.66. The van der Waals surface area contributed by atoms with Crippen molar-refractivity contribution in [2.24, 2.45) is 0 Å². The lowest BCUT2D eigenvalue weighted by Gasteiger charge is -2.35. The van der Waals surface area contributed by atoms with Gasteiger partial charge in [0.05, 0.1) is 25.4 Å².